The van der Waals surface area contributed by atoms with Crippen molar-refractivity contribution in [2.75, 3.05) is 13.1 Å². The van der Waals surface area contributed by atoms with Crippen LogP contribution in [0.4, 0.5) is 0 Å². The minimum Gasteiger partial charge on any atom is -0.351 e. The molecule has 2 heterocycles. The van der Waals surface area contributed by atoms with Crippen molar-refractivity contribution in [3.05, 3.63) is 53.6 Å². The van der Waals surface area contributed by atoms with E-state index in [1.54, 1.807) is 6.33 Å². The normalized spacial score (nSPS) is 24.2. The van der Waals surface area contributed by atoms with Gasteiger partial charge in [0.15, 0.2) is 0 Å². The van der Waals surface area contributed by atoms with E-state index in [0.29, 0.717) is 5.92 Å². The molecule has 1 aromatic carbocycles. The van der Waals surface area contributed by atoms with Gasteiger partial charge < -0.3 is 10.3 Å². The molecule has 5 heteroatoms. The molecule has 2 fully saturated rings. The van der Waals surface area contributed by atoms with Crippen LogP contribution in [0.3, 0.4) is 0 Å². The quantitative estimate of drug-likeness (QED) is 0.886. The molecule has 0 radical (unpaired) electrons. The van der Waals surface area contributed by atoms with Crippen molar-refractivity contribution in [1.82, 2.24) is 20.2 Å². The molecule has 2 aliphatic rings. The Morgan fingerprint density at radius 2 is 2.08 bits per heavy atom. The molecule has 24 heavy (non-hydrogen) atoms. The average Bonchev–Trinajstić information content (AvgIpc) is 3.18. The Balaban J connectivity index is 1.50. The fourth-order valence-electron chi connectivity index (χ4n) is 3.57. The number of carbonyl (C=O) groups excluding carboxylic acids is 1. The molecular weight excluding hydrogens is 300 g/mol. The van der Waals surface area contributed by atoms with E-state index in [-0.39, 0.29) is 17.9 Å². The van der Waals surface area contributed by atoms with Gasteiger partial charge in [-0.2, -0.15) is 0 Å². The van der Waals surface area contributed by atoms with Crippen LogP contribution < -0.4 is 5.32 Å². The molecule has 1 aromatic heterocycles. The molecule has 126 valence electrons. The fraction of sp³-hybridized carbons (Fsp3) is 0.474. The number of hydrogen-bond acceptors (Lipinski definition) is 3. The van der Waals surface area contributed by atoms with Gasteiger partial charge in [0.25, 0.3) is 0 Å². The lowest BCUT2D eigenvalue weighted by molar-refractivity contribution is -0.123. The first-order chi connectivity index (χ1) is 11.7. The van der Waals surface area contributed by atoms with Gasteiger partial charge in [0.1, 0.15) is 0 Å². The topological polar surface area (TPSA) is 61.0 Å². The van der Waals surface area contributed by atoms with Gasteiger partial charge in [0.2, 0.25) is 5.91 Å². The number of likely N-dealkylation sites (tertiary alicyclic amines) is 1. The number of aryl methyl sites for hydroxylation is 1. The number of benzene rings is 1. The van der Waals surface area contributed by atoms with Crippen LogP contribution in [0.5, 0.6) is 0 Å². The number of aromatic nitrogens is 2. The molecule has 2 N–H and O–H groups in total. The van der Waals surface area contributed by atoms with Crippen molar-refractivity contribution in [3.8, 4) is 0 Å². The van der Waals surface area contributed by atoms with Gasteiger partial charge >= 0.3 is 0 Å². The molecule has 5 nitrogen and oxygen atoms in total. The molecule has 1 saturated heterocycles. The number of amides is 1. The Labute approximate surface area is 142 Å². The Kier molecular flexibility index (Phi) is 4.10. The summed E-state index contributed by atoms with van der Waals surface area (Å²) < 4.78 is 0. The first-order valence-electron chi connectivity index (χ1n) is 8.75. The van der Waals surface area contributed by atoms with Gasteiger partial charge in [-0.15, -0.1) is 0 Å². The second kappa shape index (κ2) is 6.40. The molecule has 2 aromatic rings. The summed E-state index contributed by atoms with van der Waals surface area (Å²) in [5.41, 5.74) is 3.70. The molecule has 1 saturated carbocycles. The number of nitrogens with one attached hydrogen (secondary N) is 2. The highest BCUT2D eigenvalue weighted by atomic mass is 16.2. The summed E-state index contributed by atoms with van der Waals surface area (Å²) in [6.45, 7) is 4.79. The fourth-order valence-corrected chi connectivity index (χ4v) is 3.57. The van der Waals surface area contributed by atoms with Crippen LogP contribution >= 0.6 is 0 Å². The maximum absolute atomic E-state index is 12.3. The summed E-state index contributed by atoms with van der Waals surface area (Å²) >= 11 is 0. The van der Waals surface area contributed by atoms with Crippen LogP contribution in [0.25, 0.3) is 0 Å². The second-order valence-corrected chi connectivity index (χ2v) is 7.18. The van der Waals surface area contributed by atoms with E-state index in [0.717, 1.165) is 38.2 Å². The predicted octanol–water partition coefficient (Wildman–Crippen LogP) is 2.21. The molecular formula is C19H24N4O. The Bertz CT molecular complexity index is 691. The van der Waals surface area contributed by atoms with Crippen LogP contribution in [0.2, 0.25) is 0 Å². The molecule has 0 bridgehead atoms. The third-order valence-corrected chi connectivity index (χ3v) is 5.13. The highest BCUT2D eigenvalue weighted by molar-refractivity contribution is 5.81. The molecule has 1 aliphatic heterocycles. The third-order valence-electron chi connectivity index (χ3n) is 5.13. The second-order valence-electron chi connectivity index (χ2n) is 7.18. The van der Waals surface area contributed by atoms with Crippen molar-refractivity contribution in [2.45, 2.75) is 38.3 Å². The van der Waals surface area contributed by atoms with E-state index in [1.807, 2.05) is 6.20 Å². The van der Waals surface area contributed by atoms with Crippen LogP contribution in [-0.4, -0.2) is 39.9 Å². The minimum absolute atomic E-state index is 0.184. The Morgan fingerprint density at radius 1 is 1.29 bits per heavy atom. The van der Waals surface area contributed by atoms with E-state index in [2.05, 4.69) is 51.4 Å². The lowest BCUT2D eigenvalue weighted by Crippen LogP contribution is -2.40. The zero-order valence-corrected chi connectivity index (χ0v) is 14.0. The Hall–Kier alpha value is -2.14. The van der Waals surface area contributed by atoms with E-state index < -0.39 is 0 Å². The predicted molar refractivity (Wildman–Crippen MR) is 92.4 cm³/mol. The summed E-state index contributed by atoms with van der Waals surface area (Å²) in [7, 11) is 0. The van der Waals surface area contributed by atoms with Gasteiger partial charge in [-0.1, -0.05) is 29.8 Å². The van der Waals surface area contributed by atoms with E-state index in [9.17, 15) is 4.79 Å². The number of hydrogen-bond donors (Lipinski definition) is 2. The highest BCUT2D eigenvalue weighted by Crippen LogP contribution is 2.32. The smallest absolute Gasteiger partial charge is 0.223 e. The van der Waals surface area contributed by atoms with Crippen LogP contribution in [-0.2, 0) is 11.3 Å². The molecule has 0 spiro atoms. The van der Waals surface area contributed by atoms with Gasteiger partial charge in [-0.25, -0.2) is 4.98 Å². The monoisotopic (exact) mass is 324 g/mol. The summed E-state index contributed by atoms with van der Waals surface area (Å²) in [6.07, 6.45) is 5.68. The van der Waals surface area contributed by atoms with Gasteiger partial charge in [0, 0.05) is 49.4 Å². The third kappa shape index (κ3) is 3.36. The largest absolute Gasteiger partial charge is 0.351 e. The average molecular weight is 324 g/mol. The molecule has 1 amide bonds. The van der Waals surface area contributed by atoms with Crippen molar-refractivity contribution >= 4 is 5.91 Å². The van der Waals surface area contributed by atoms with E-state index in [4.69, 9.17) is 0 Å². The Morgan fingerprint density at radius 3 is 2.75 bits per heavy atom. The lowest BCUT2D eigenvalue weighted by atomic mass is 9.93. The summed E-state index contributed by atoms with van der Waals surface area (Å²) in [4.78, 5) is 21.9. The van der Waals surface area contributed by atoms with E-state index in [1.165, 1.54) is 11.1 Å². The number of imidazole rings is 1. The number of aromatic amines is 1. The van der Waals surface area contributed by atoms with Gasteiger partial charge in [0.05, 0.1) is 6.33 Å². The minimum atomic E-state index is 0.184. The first kappa shape index (κ1) is 15.4. The summed E-state index contributed by atoms with van der Waals surface area (Å²) in [5.74, 6) is 0.835. The van der Waals surface area contributed by atoms with E-state index >= 15 is 0 Å². The number of H-pyrrole nitrogens is 1. The zero-order chi connectivity index (χ0) is 16.5. The van der Waals surface area contributed by atoms with Crippen molar-refractivity contribution in [1.29, 1.82) is 0 Å². The maximum atomic E-state index is 12.3. The maximum Gasteiger partial charge on any atom is 0.223 e. The van der Waals surface area contributed by atoms with Crippen molar-refractivity contribution in [3.63, 3.8) is 0 Å². The van der Waals surface area contributed by atoms with Crippen LogP contribution in [0, 0.1) is 12.8 Å². The SMILES string of the molecule is Cc1ccc([C@@H]2CN(Cc3cnc[nH]3)C[C@H]2NC(=O)C2CC2)cc1. The number of nitrogens with zero attached hydrogens (tertiary/aromatic N) is 2. The summed E-state index contributed by atoms with van der Waals surface area (Å²) in [5, 5.41) is 3.31. The highest BCUT2D eigenvalue weighted by Gasteiger charge is 2.38. The first-order valence-corrected chi connectivity index (χ1v) is 8.75. The van der Waals surface area contributed by atoms with Gasteiger partial charge in [-0.05, 0) is 25.3 Å². The molecule has 2 atom stereocenters. The lowest BCUT2D eigenvalue weighted by Gasteiger charge is -2.20. The molecule has 1 aliphatic carbocycles. The summed E-state index contributed by atoms with van der Waals surface area (Å²) in [6, 6.07) is 8.91. The zero-order valence-electron chi connectivity index (χ0n) is 14.0. The van der Waals surface area contributed by atoms with Crippen LogP contribution in [0.1, 0.15) is 35.6 Å². The molecule has 0 unspecified atom stereocenters. The standard InChI is InChI=1S/C19H24N4O/c1-13-2-4-14(5-3-13)17-10-23(9-16-8-20-12-21-16)11-18(17)22-19(24)15-6-7-15/h2-5,8,12,15,17-18H,6-7,9-11H2,1H3,(H,20,21)(H,22,24)/t17-,18+/m0/s1. The molecule has 4 rings (SSSR count). The van der Waals surface area contributed by atoms with Crippen LogP contribution in [0.15, 0.2) is 36.8 Å². The van der Waals surface area contributed by atoms with Crippen molar-refractivity contribution in [2.24, 2.45) is 5.92 Å². The number of carbonyl (C=O) groups is 1. The van der Waals surface area contributed by atoms with Crippen molar-refractivity contribution < 1.29 is 4.79 Å². The van der Waals surface area contributed by atoms with Gasteiger partial charge in [-0.3, -0.25) is 9.69 Å². The number of rotatable bonds is 5.